The lowest BCUT2D eigenvalue weighted by molar-refractivity contribution is 0.122. The number of anilines is 3. The van der Waals surface area contributed by atoms with Crippen LogP contribution >= 0.6 is 11.6 Å². The highest BCUT2D eigenvalue weighted by Gasteiger charge is 2.16. The quantitative estimate of drug-likeness (QED) is 0.292. The fraction of sp³-hybridized carbons (Fsp3) is 0.241. The van der Waals surface area contributed by atoms with E-state index in [1.165, 1.54) is 6.20 Å². The Balaban J connectivity index is 0.000000212. The minimum atomic E-state index is -0.363. The number of morpholine rings is 1. The molecular weight excluding hydrogens is 519 g/mol. The maximum Gasteiger partial charge on any atom is 0.183 e. The zero-order chi connectivity index (χ0) is 27.6. The van der Waals surface area contributed by atoms with Crippen molar-refractivity contribution in [1.29, 1.82) is 0 Å². The van der Waals surface area contributed by atoms with Crippen molar-refractivity contribution in [3.63, 3.8) is 0 Å². The summed E-state index contributed by atoms with van der Waals surface area (Å²) in [5.74, 6) is 0.841. The summed E-state index contributed by atoms with van der Waals surface area (Å²) in [6.45, 7) is 4.38. The van der Waals surface area contributed by atoms with Gasteiger partial charge in [-0.25, -0.2) is 14.4 Å². The molecule has 4 aromatic rings. The van der Waals surface area contributed by atoms with E-state index in [-0.39, 0.29) is 11.6 Å². The van der Waals surface area contributed by atoms with E-state index in [0.717, 1.165) is 34.6 Å². The van der Waals surface area contributed by atoms with Crippen molar-refractivity contribution in [3.8, 4) is 16.9 Å². The molecule has 5 rings (SSSR count). The Morgan fingerprint density at radius 2 is 1.87 bits per heavy atom. The van der Waals surface area contributed by atoms with Gasteiger partial charge >= 0.3 is 0 Å². The van der Waals surface area contributed by atoms with Gasteiger partial charge in [0.2, 0.25) is 0 Å². The van der Waals surface area contributed by atoms with Crippen molar-refractivity contribution in [1.82, 2.24) is 15.0 Å². The van der Waals surface area contributed by atoms with Gasteiger partial charge in [-0.2, -0.15) is 0 Å². The summed E-state index contributed by atoms with van der Waals surface area (Å²) in [4.78, 5) is 18.1. The monoisotopic (exact) mass is 548 g/mol. The number of hydrogen-bond acceptors (Lipinski definition) is 8. The Labute approximate surface area is 232 Å². The smallest absolute Gasteiger partial charge is 0.183 e. The molecule has 0 saturated carbocycles. The molecule has 1 aliphatic heterocycles. The second kappa shape index (κ2) is 13.6. The molecule has 3 heterocycles. The lowest BCUT2D eigenvalue weighted by Crippen LogP contribution is -2.37. The van der Waals surface area contributed by atoms with Gasteiger partial charge in [0.1, 0.15) is 11.6 Å². The third-order valence-corrected chi connectivity index (χ3v) is 6.05. The number of aromatic nitrogens is 3. The second-order valence-electron chi connectivity index (χ2n) is 8.78. The van der Waals surface area contributed by atoms with Gasteiger partial charge in [0.05, 0.1) is 31.3 Å². The van der Waals surface area contributed by atoms with Gasteiger partial charge < -0.3 is 25.1 Å². The first-order chi connectivity index (χ1) is 18.9. The number of nitrogens with one attached hydrogen (secondary N) is 1. The Morgan fingerprint density at radius 1 is 1.05 bits per heavy atom. The minimum Gasteiger partial charge on any atom is -0.508 e. The lowest BCUT2D eigenvalue weighted by atomic mass is 10.0. The van der Waals surface area contributed by atoms with E-state index in [9.17, 15) is 9.50 Å². The molecule has 0 radical (unpaired) electrons. The molecule has 1 fully saturated rings. The van der Waals surface area contributed by atoms with Crippen molar-refractivity contribution in [3.05, 3.63) is 89.3 Å². The summed E-state index contributed by atoms with van der Waals surface area (Å²) in [7, 11) is 1.75. The lowest BCUT2D eigenvalue weighted by Gasteiger charge is -2.27. The number of aliphatic imine (C=N–C) groups is 1. The van der Waals surface area contributed by atoms with E-state index in [0.29, 0.717) is 43.0 Å². The van der Waals surface area contributed by atoms with Crippen molar-refractivity contribution in [2.24, 2.45) is 4.99 Å². The van der Waals surface area contributed by atoms with E-state index in [4.69, 9.17) is 16.3 Å². The van der Waals surface area contributed by atoms with E-state index < -0.39 is 0 Å². The summed E-state index contributed by atoms with van der Waals surface area (Å²) in [6.07, 6.45) is 5.55. The number of nitrogens with zero attached hydrogens (tertiary/aromatic N) is 5. The van der Waals surface area contributed by atoms with Crippen LogP contribution in [0, 0.1) is 12.7 Å². The molecule has 2 N–H and O–H groups in total. The number of phenols is 1. The molecule has 8 nitrogen and oxygen atoms in total. The van der Waals surface area contributed by atoms with Crippen molar-refractivity contribution in [2.45, 2.75) is 13.3 Å². The zero-order valence-electron chi connectivity index (χ0n) is 21.8. The molecule has 0 unspecified atom stereocenters. The molecule has 1 saturated heterocycles. The molecule has 0 spiro atoms. The van der Waals surface area contributed by atoms with Crippen LogP contribution in [0.15, 0.2) is 72.0 Å². The summed E-state index contributed by atoms with van der Waals surface area (Å²) < 4.78 is 18.5. The number of hydrogen-bond donors (Lipinski definition) is 2. The highest BCUT2D eigenvalue weighted by atomic mass is 35.5. The van der Waals surface area contributed by atoms with Crippen LogP contribution in [0.25, 0.3) is 11.1 Å². The maximum atomic E-state index is 13.3. The van der Waals surface area contributed by atoms with Crippen LogP contribution in [-0.4, -0.2) is 59.6 Å². The molecule has 2 aromatic carbocycles. The molecule has 39 heavy (non-hydrogen) atoms. The van der Waals surface area contributed by atoms with Gasteiger partial charge in [0.25, 0.3) is 0 Å². The van der Waals surface area contributed by atoms with Crippen LogP contribution in [-0.2, 0) is 11.2 Å². The molecule has 0 amide bonds. The molecule has 1 aliphatic rings. The van der Waals surface area contributed by atoms with Gasteiger partial charge in [-0.1, -0.05) is 23.7 Å². The van der Waals surface area contributed by atoms with Gasteiger partial charge in [-0.3, -0.25) is 4.98 Å². The third-order valence-electron chi connectivity index (χ3n) is 5.83. The van der Waals surface area contributed by atoms with Crippen LogP contribution in [0.4, 0.5) is 21.6 Å². The molecule has 0 atom stereocenters. The SMILES string of the molecule is CN=CCc1ccc(Nc2cc(Cl)cc(-c3cccc(O)c3)c2)cn1.Cc1ncc(F)c(N2CCOCC2)n1. The van der Waals surface area contributed by atoms with Gasteiger partial charge in [-0.05, 0) is 60.5 Å². The standard InChI is InChI=1S/C20H18ClN3O.C9H12FN3O/c1-22-8-7-17-5-6-18(13-23-17)24-19-10-15(9-16(21)12-19)14-3-2-4-20(25)11-14;1-7-11-6-8(10)9(12-7)13-2-4-14-5-3-13/h2-6,8-13,24-25H,7H2,1H3;6H,2-5H2,1H3. The maximum absolute atomic E-state index is 13.3. The molecule has 0 bridgehead atoms. The number of aryl methyl sites for hydroxylation is 1. The van der Waals surface area contributed by atoms with E-state index in [1.807, 2.05) is 47.5 Å². The van der Waals surface area contributed by atoms with E-state index >= 15 is 0 Å². The first kappa shape index (κ1) is 27.9. The Kier molecular flexibility index (Phi) is 9.77. The molecule has 202 valence electrons. The fourth-order valence-electron chi connectivity index (χ4n) is 3.92. The molecule has 0 aliphatic carbocycles. The summed E-state index contributed by atoms with van der Waals surface area (Å²) in [6, 6.07) is 16.7. The second-order valence-corrected chi connectivity index (χ2v) is 9.21. The number of ether oxygens (including phenoxy) is 1. The largest absolute Gasteiger partial charge is 0.508 e. The van der Waals surface area contributed by atoms with Crippen molar-refractivity contribution >= 4 is 35.0 Å². The van der Waals surface area contributed by atoms with Crippen LogP contribution in [0.3, 0.4) is 0 Å². The van der Waals surface area contributed by atoms with Gasteiger partial charge in [0, 0.05) is 49.2 Å². The predicted molar refractivity (Wildman–Crippen MR) is 154 cm³/mol. The van der Waals surface area contributed by atoms with Crippen LogP contribution in [0.2, 0.25) is 5.02 Å². The zero-order valence-corrected chi connectivity index (χ0v) is 22.6. The minimum absolute atomic E-state index is 0.224. The van der Waals surface area contributed by atoms with Crippen LogP contribution in [0.5, 0.6) is 5.75 Å². The average molecular weight is 549 g/mol. The summed E-state index contributed by atoms with van der Waals surface area (Å²) in [5, 5.41) is 13.6. The Hall–Kier alpha value is -4.08. The van der Waals surface area contributed by atoms with Crippen molar-refractivity contribution in [2.75, 3.05) is 43.6 Å². The van der Waals surface area contributed by atoms with E-state index in [2.05, 4.69) is 25.3 Å². The summed E-state index contributed by atoms with van der Waals surface area (Å²) >= 11 is 6.26. The summed E-state index contributed by atoms with van der Waals surface area (Å²) in [5.41, 5.74) is 4.52. The molecular formula is C29H30ClFN6O2. The highest BCUT2D eigenvalue weighted by Crippen LogP contribution is 2.30. The van der Waals surface area contributed by atoms with Crippen molar-refractivity contribution < 1.29 is 14.2 Å². The topological polar surface area (TPSA) is 95.8 Å². The third kappa shape index (κ3) is 8.20. The van der Waals surface area contributed by atoms with Gasteiger partial charge in [0.15, 0.2) is 11.6 Å². The molecule has 2 aromatic heterocycles. The number of phenolic OH excluding ortho intramolecular Hbond substituents is 1. The highest BCUT2D eigenvalue weighted by molar-refractivity contribution is 6.31. The first-order valence-electron chi connectivity index (χ1n) is 12.5. The number of benzene rings is 2. The number of rotatable bonds is 6. The fourth-order valence-corrected chi connectivity index (χ4v) is 4.16. The predicted octanol–water partition coefficient (Wildman–Crippen LogP) is 5.86. The average Bonchev–Trinajstić information content (AvgIpc) is 2.94. The normalized spacial score (nSPS) is 13.2. The molecule has 10 heteroatoms. The van der Waals surface area contributed by atoms with Gasteiger partial charge in [-0.15, -0.1) is 0 Å². The number of halogens is 2. The number of aromatic hydroxyl groups is 1. The van der Waals surface area contributed by atoms with Crippen LogP contribution < -0.4 is 10.2 Å². The Morgan fingerprint density at radius 3 is 2.59 bits per heavy atom. The van der Waals surface area contributed by atoms with E-state index in [1.54, 1.807) is 38.4 Å². The Bertz CT molecular complexity index is 1410. The first-order valence-corrected chi connectivity index (χ1v) is 12.8. The number of pyridine rings is 1. The van der Waals surface area contributed by atoms with Crippen LogP contribution in [0.1, 0.15) is 11.5 Å².